The Hall–Kier alpha value is -1.74. The number of rotatable bonds is 3. The molecule has 3 rings (SSSR count). The summed E-state index contributed by atoms with van der Waals surface area (Å²) in [6.45, 7) is 1.25. The Morgan fingerprint density at radius 2 is 2.45 bits per heavy atom. The van der Waals surface area contributed by atoms with E-state index in [2.05, 4.69) is 36.5 Å². The Morgan fingerprint density at radius 1 is 1.60 bits per heavy atom. The van der Waals surface area contributed by atoms with Crippen LogP contribution in [0.3, 0.4) is 0 Å². The average Bonchev–Trinajstić information content (AvgIpc) is 3.03. The fraction of sp³-hybridized carbons (Fsp3) is 0.455. The van der Waals surface area contributed by atoms with Crippen molar-refractivity contribution < 1.29 is 9.32 Å². The topological polar surface area (TPSA) is 89.1 Å². The van der Waals surface area contributed by atoms with Crippen molar-refractivity contribution in [3.05, 3.63) is 28.6 Å². The molecular weight excluding hydrogens is 328 g/mol. The van der Waals surface area contributed by atoms with E-state index in [4.69, 9.17) is 4.52 Å². The summed E-state index contributed by atoms with van der Waals surface area (Å²) in [5, 5.41) is 11.1. The molecule has 2 aromatic rings. The van der Waals surface area contributed by atoms with Crippen LogP contribution in [0.5, 0.6) is 0 Å². The highest BCUT2D eigenvalue weighted by Crippen LogP contribution is 2.15. The van der Waals surface area contributed by atoms with Crippen LogP contribution >= 0.6 is 15.9 Å². The summed E-state index contributed by atoms with van der Waals surface area (Å²) in [7, 11) is 1.76. The second kappa shape index (κ2) is 5.33. The Bertz CT molecular complexity index is 624. The quantitative estimate of drug-likeness (QED) is 0.857. The van der Waals surface area contributed by atoms with Crippen molar-refractivity contribution in [1.29, 1.82) is 0 Å². The molecule has 0 bridgehead atoms. The highest BCUT2D eigenvalue weighted by molar-refractivity contribution is 9.10. The molecule has 1 amide bonds. The van der Waals surface area contributed by atoms with Crippen molar-refractivity contribution in [1.82, 2.24) is 30.1 Å². The number of carbonyl (C=O) groups is 1. The zero-order chi connectivity index (χ0) is 14.1. The minimum atomic E-state index is -0.122. The number of amides is 1. The molecule has 0 spiro atoms. The zero-order valence-corrected chi connectivity index (χ0v) is 12.4. The first-order chi connectivity index (χ1) is 9.61. The smallest absolute Gasteiger partial charge is 0.245 e. The lowest BCUT2D eigenvalue weighted by Crippen LogP contribution is -2.47. The van der Waals surface area contributed by atoms with E-state index in [-0.39, 0.29) is 18.5 Å². The van der Waals surface area contributed by atoms with Gasteiger partial charge in [0, 0.05) is 19.8 Å². The number of halogens is 1. The number of hydrogen-bond acceptors (Lipinski definition) is 6. The van der Waals surface area contributed by atoms with Gasteiger partial charge in [-0.2, -0.15) is 10.1 Å². The highest BCUT2D eigenvalue weighted by Gasteiger charge is 2.27. The normalized spacial score (nSPS) is 19.6. The highest BCUT2D eigenvalue weighted by atomic mass is 79.9. The van der Waals surface area contributed by atoms with Crippen LogP contribution in [-0.4, -0.2) is 50.9 Å². The average molecular weight is 341 g/mol. The van der Waals surface area contributed by atoms with Crippen LogP contribution in [0.25, 0.3) is 0 Å². The molecule has 1 unspecified atom stereocenters. The van der Waals surface area contributed by atoms with Crippen LogP contribution < -0.4 is 5.32 Å². The van der Waals surface area contributed by atoms with Gasteiger partial charge < -0.3 is 9.42 Å². The fourth-order valence-corrected chi connectivity index (χ4v) is 2.32. The number of nitrogens with zero attached hydrogens (tertiary/aromatic N) is 5. The van der Waals surface area contributed by atoms with Crippen molar-refractivity contribution in [2.75, 3.05) is 20.1 Å². The van der Waals surface area contributed by atoms with Crippen molar-refractivity contribution >= 4 is 21.8 Å². The molecular formula is C11H13BrN6O2. The predicted octanol–water partition coefficient (Wildman–Crippen LogP) is 0.180. The number of likely N-dealkylation sites (N-methyl/N-ethyl adjacent to an activating group) is 1. The summed E-state index contributed by atoms with van der Waals surface area (Å²) in [6.07, 6.45) is 3.53. The minimum Gasteiger partial charge on any atom is -0.343 e. The molecule has 9 heteroatoms. The summed E-state index contributed by atoms with van der Waals surface area (Å²) in [5.41, 5.74) is 0. The predicted molar refractivity (Wildman–Crippen MR) is 71.7 cm³/mol. The Labute approximate surface area is 123 Å². The summed E-state index contributed by atoms with van der Waals surface area (Å²) in [6, 6.07) is -0.122. The number of nitrogens with one attached hydrogen (secondary N) is 1. The monoisotopic (exact) mass is 340 g/mol. The zero-order valence-electron chi connectivity index (χ0n) is 10.8. The summed E-state index contributed by atoms with van der Waals surface area (Å²) < 4.78 is 7.86. The van der Waals surface area contributed by atoms with Gasteiger partial charge in [0.15, 0.2) is 5.82 Å². The van der Waals surface area contributed by atoms with E-state index in [0.29, 0.717) is 24.8 Å². The number of carbonyl (C=O) groups excluding carboxylic acids is 1. The molecule has 106 valence electrons. The molecule has 1 saturated heterocycles. The van der Waals surface area contributed by atoms with Gasteiger partial charge in [-0.05, 0) is 15.9 Å². The number of aromatic nitrogens is 4. The van der Waals surface area contributed by atoms with Gasteiger partial charge in [-0.1, -0.05) is 5.16 Å². The summed E-state index contributed by atoms with van der Waals surface area (Å²) >= 11 is 3.33. The molecule has 0 aromatic carbocycles. The Kier molecular flexibility index (Phi) is 3.53. The third-order valence-corrected chi connectivity index (χ3v) is 3.48. The van der Waals surface area contributed by atoms with Gasteiger partial charge >= 0.3 is 0 Å². The lowest BCUT2D eigenvalue weighted by molar-refractivity contribution is -0.131. The first-order valence-corrected chi connectivity index (χ1v) is 6.89. The first-order valence-electron chi connectivity index (χ1n) is 6.09. The van der Waals surface area contributed by atoms with Crippen LogP contribution in [-0.2, 0) is 11.3 Å². The van der Waals surface area contributed by atoms with Crippen molar-refractivity contribution in [2.45, 2.75) is 12.6 Å². The maximum atomic E-state index is 11.4. The van der Waals surface area contributed by atoms with E-state index in [1.54, 1.807) is 22.8 Å². The third kappa shape index (κ3) is 2.73. The SMILES string of the molecule is CN1CC(c2nc(Cn3cc(Br)cn3)no2)NCC1=O. The summed E-state index contributed by atoms with van der Waals surface area (Å²) in [5.74, 6) is 1.10. The molecule has 0 radical (unpaired) electrons. The van der Waals surface area contributed by atoms with Gasteiger partial charge in [0.2, 0.25) is 11.8 Å². The van der Waals surface area contributed by atoms with Gasteiger partial charge in [0.05, 0.1) is 17.2 Å². The molecule has 1 aliphatic rings. The minimum absolute atomic E-state index is 0.0578. The maximum Gasteiger partial charge on any atom is 0.245 e. The second-order valence-electron chi connectivity index (χ2n) is 4.61. The molecule has 1 aliphatic heterocycles. The molecule has 0 saturated carbocycles. The standard InChI is InChI=1S/C11H13BrN6O2/c1-17-5-8(13-3-10(17)19)11-15-9(16-20-11)6-18-4-7(12)2-14-18/h2,4,8,13H,3,5-6H2,1H3. The molecule has 0 aliphatic carbocycles. The molecule has 1 atom stereocenters. The van der Waals surface area contributed by atoms with E-state index >= 15 is 0 Å². The van der Waals surface area contributed by atoms with Crippen LogP contribution in [0.4, 0.5) is 0 Å². The lowest BCUT2D eigenvalue weighted by Gasteiger charge is -2.28. The van der Waals surface area contributed by atoms with Gasteiger partial charge in [0.1, 0.15) is 12.6 Å². The van der Waals surface area contributed by atoms with E-state index in [0.717, 1.165) is 4.47 Å². The molecule has 2 aromatic heterocycles. The van der Waals surface area contributed by atoms with E-state index in [9.17, 15) is 4.79 Å². The van der Waals surface area contributed by atoms with E-state index in [1.807, 2.05) is 6.20 Å². The molecule has 3 heterocycles. The summed E-state index contributed by atoms with van der Waals surface area (Å²) in [4.78, 5) is 17.4. The largest absolute Gasteiger partial charge is 0.343 e. The van der Waals surface area contributed by atoms with Crippen LogP contribution in [0.15, 0.2) is 21.4 Å². The fourth-order valence-electron chi connectivity index (χ4n) is 1.99. The van der Waals surface area contributed by atoms with Gasteiger partial charge in [-0.15, -0.1) is 0 Å². The van der Waals surface area contributed by atoms with Gasteiger partial charge in [-0.25, -0.2) is 0 Å². The van der Waals surface area contributed by atoms with Gasteiger partial charge in [0.25, 0.3) is 0 Å². The van der Waals surface area contributed by atoms with Crippen molar-refractivity contribution in [3.8, 4) is 0 Å². The van der Waals surface area contributed by atoms with Crippen LogP contribution in [0.2, 0.25) is 0 Å². The molecule has 1 N–H and O–H groups in total. The molecule has 1 fully saturated rings. The van der Waals surface area contributed by atoms with Gasteiger partial charge in [-0.3, -0.25) is 14.8 Å². The molecule has 20 heavy (non-hydrogen) atoms. The third-order valence-electron chi connectivity index (χ3n) is 3.07. The second-order valence-corrected chi connectivity index (χ2v) is 5.53. The van der Waals surface area contributed by atoms with E-state index < -0.39 is 0 Å². The number of hydrogen-bond donors (Lipinski definition) is 1. The van der Waals surface area contributed by atoms with Crippen LogP contribution in [0.1, 0.15) is 17.8 Å². The van der Waals surface area contributed by atoms with Crippen molar-refractivity contribution in [3.63, 3.8) is 0 Å². The van der Waals surface area contributed by atoms with Crippen molar-refractivity contribution in [2.24, 2.45) is 0 Å². The lowest BCUT2D eigenvalue weighted by atomic mass is 10.2. The first kappa shape index (κ1) is 13.3. The molecule has 8 nitrogen and oxygen atoms in total. The van der Waals surface area contributed by atoms with E-state index in [1.165, 1.54) is 0 Å². The van der Waals surface area contributed by atoms with Crippen LogP contribution in [0, 0.1) is 0 Å². The maximum absolute atomic E-state index is 11.4. The Balaban J connectivity index is 1.69. The number of piperazine rings is 1. The Morgan fingerprint density at radius 3 is 3.15 bits per heavy atom.